The highest BCUT2D eigenvalue weighted by molar-refractivity contribution is 7.99. The summed E-state index contributed by atoms with van der Waals surface area (Å²) in [5.74, 6) is 0. The molecule has 0 saturated carbocycles. The molecule has 0 aliphatic heterocycles. The molecular weight excluding hydrogens is 264 g/mol. The van der Waals surface area contributed by atoms with E-state index in [1.54, 1.807) is 11.8 Å². The third kappa shape index (κ3) is 2.25. The molecule has 0 fully saturated rings. The lowest BCUT2D eigenvalue weighted by molar-refractivity contribution is 0.868. The van der Waals surface area contributed by atoms with Crippen LogP contribution in [0.2, 0.25) is 5.02 Å². The van der Waals surface area contributed by atoms with Gasteiger partial charge in [-0.2, -0.15) is 0 Å². The van der Waals surface area contributed by atoms with Crippen LogP contribution in [-0.2, 0) is 12.8 Å². The molecule has 1 aromatic heterocycles. The van der Waals surface area contributed by atoms with Gasteiger partial charge in [0.15, 0.2) is 5.16 Å². The maximum Gasteiger partial charge on any atom is 0.192 e. The van der Waals surface area contributed by atoms with E-state index in [4.69, 9.17) is 11.6 Å². The highest BCUT2D eigenvalue weighted by Gasteiger charge is 2.17. The lowest BCUT2D eigenvalue weighted by atomic mass is 10.2. The molecule has 0 saturated heterocycles. The number of nitrogens with zero attached hydrogens (tertiary/aromatic N) is 2. The molecule has 0 bridgehead atoms. The van der Waals surface area contributed by atoms with Crippen molar-refractivity contribution in [1.29, 1.82) is 0 Å². The van der Waals surface area contributed by atoms with Gasteiger partial charge in [-0.25, -0.2) is 9.97 Å². The van der Waals surface area contributed by atoms with E-state index in [-0.39, 0.29) is 0 Å². The summed E-state index contributed by atoms with van der Waals surface area (Å²) in [5, 5.41) is 1.56. The van der Waals surface area contributed by atoms with E-state index in [9.17, 15) is 0 Å². The number of rotatable bonds is 2. The smallest absolute Gasteiger partial charge is 0.192 e. The van der Waals surface area contributed by atoms with Crippen LogP contribution in [0.3, 0.4) is 0 Å². The van der Waals surface area contributed by atoms with Crippen LogP contribution < -0.4 is 0 Å². The Morgan fingerprint density at radius 3 is 2.83 bits per heavy atom. The average molecular weight is 277 g/mol. The summed E-state index contributed by atoms with van der Waals surface area (Å²) in [7, 11) is 0. The molecule has 4 heteroatoms. The van der Waals surface area contributed by atoms with Crippen LogP contribution in [0.1, 0.15) is 23.4 Å². The number of hydrogen-bond donors (Lipinski definition) is 0. The van der Waals surface area contributed by atoms with E-state index in [1.807, 2.05) is 24.3 Å². The minimum absolute atomic E-state index is 0.754. The summed E-state index contributed by atoms with van der Waals surface area (Å²) in [4.78, 5) is 10.2. The summed E-state index contributed by atoms with van der Waals surface area (Å²) in [5.41, 5.74) is 3.68. The largest absolute Gasteiger partial charge is 0.227 e. The third-order valence-electron chi connectivity index (χ3n) is 3.16. The Bertz CT molecular complexity index is 598. The van der Waals surface area contributed by atoms with Crippen LogP contribution in [0.25, 0.3) is 0 Å². The van der Waals surface area contributed by atoms with E-state index in [0.717, 1.165) is 33.6 Å². The Morgan fingerprint density at radius 2 is 2.00 bits per heavy atom. The monoisotopic (exact) mass is 276 g/mol. The SMILES string of the molecule is Cc1nc(Sc2ccccc2Cl)nc2c1CCC2. The molecule has 0 atom stereocenters. The predicted molar refractivity (Wildman–Crippen MR) is 74.4 cm³/mol. The van der Waals surface area contributed by atoms with Gasteiger partial charge in [0.05, 0.1) is 5.02 Å². The number of fused-ring (bicyclic) bond motifs is 1. The fourth-order valence-corrected chi connectivity index (χ4v) is 3.36. The zero-order chi connectivity index (χ0) is 12.5. The number of hydrogen-bond acceptors (Lipinski definition) is 3. The zero-order valence-electron chi connectivity index (χ0n) is 10.1. The van der Waals surface area contributed by atoms with Gasteiger partial charge in [-0.15, -0.1) is 0 Å². The molecule has 2 nitrogen and oxygen atoms in total. The maximum atomic E-state index is 6.15. The fraction of sp³-hybridized carbons (Fsp3) is 0.286. The number of aryl methyl sites for hydroxylation is 2. The van der Waals surface area contributed by atoms with Crippen molar-refractivity contribution in [3.8, 4) is 0 Å². The molecule has 1 aliphatic carbocycles. The van der Waals surface area contributed by atoms with Crippen molar-refractivity contribution in [2.24, 2.45) is 0 Å². The van der Waals surface area contributed by atoms with Crippen molar-refractivity contribution in [2.45, 2.75) is 36.2 Å². The minimum atomic E-state index is 0.754. The van der Waals surface area contributed by atoms with Crippen LogP contribution in [0, 0.1) is 6.92 Å². The van der Waals surface area contributed by atoms with Crippen molar-refractivity contribution in [1.82, 2.24) is 9.97 Å². The van der Waals surface area contributed by atoms with E-state index in [1.165, 1.54) is 17.7 Å². The van der Waals surface area contributed by atoms with Gasteiger partial charge in [-0.1, -0.05) is 23.7 Å². The topological polar surface area (TPSA) is 25.8 Å². The van der Waals surface area contributed by atoms with Crippen molar-refractivity contribution in [2.75, 3.05) is 0 Å². The highest BCUT2D eigenvalue weighted by atomic mass is 35.5. The third-order valence-corrected chi connectivity index (χ3v) is 4.54. The van der Waals surface area contributed by atoms with Gasteiger partial charge in [0, 0.05) is 16.3 Å². The van der Waals surface area contributed by atoms with Gasteiger partial charge in [-0.05, 0) is 55.6 Å². The first kappa shape index (κ1) is 12.0. The van der Waals surface area contributed by atoms with Gasteiger partial charge in [0.2, 0.25) is 0 Å². The van der Waals surface area contributed by atoms with Crippen molar-refractivity contribution >= 4 is 23.4 Å². The predicted octanol–water partition coefficient (Wildman–Crippen LogP) is 4.08. The summed E-state index contributed by atoms with van der Waals surface area (Å²) in [6, 6.07) is 7.80. The Labute approximate surface area is 116 Å². The van der Waals surface area contributed by atoms with Gasteiger partial charge in [0.1, 0.15) is 0 Å². The lowest BCUT2D eigenvalue weighted by Crippen LogP contribution is -1.98. The molecule has 0 spiro atoms. The second-order valence-electron chi connectivity index (χ2n) is 4.40. The minimum Gasteiger partial charge on any atom is -0.227 e. The second-order valence-corrected chi connectivity index (χ2v) is 5.82. The van der Waals surface area contributed by atoms with Crippen LogP contribution in [0.4, 0.5) is 0 Å². The molecule has 0 unspecified atom stereocenters. The fourth-order valence-electron chi connectivity index (χ4n) is 2.26. The molecule has 92 valence electrons. The Kier molecular flexibility index (Phi) is 3.27. The zero-order valence-corrected chi connectivity index (χ0v) is 11.7. The van der Waals surface area contributed by atoms with Gasteiger partial charge in [-0.3, -0.25) is 0 Å². The van der Waals surface area contributed by atoms with Crippen LogP contribution in [0.5, 0.6) is 0 Å². The van der Waals surface area contributed by atoms with Crippen molar-refractivity contribution < 1.29 is 0 Å². The first-order chi connectivity index (χ1) is 8.74. The van der Waals surface area contributed by atoms with Crippen LogP contribution in [-0.4, -0.2) is 9.97 Å². The second kappa shape index (κ2) is 4.90. The summed E-state index contributed by atoms with van der Waals surface area (Å²) in [6.45, 7) is 2.07. The molecule has 0 amide bonds. The summed E-state index contributed by atoms with van der Waals surface area (Å²) >= 11 is 7.70. The van der Waals surface area contributed by atoms with E-state index < -0.39 is 0 Å². The molecule has 1 aromatic carbocycles. The van der Waals surface area contributed by atoms with Crippen molar-refractivity contribution in [3.05, 3.63) is 46.2 Å². The highest BCUT2D eigenvalue weighted by Crippen LogP contribution is 2.33. The quantitative estimate of drug-likeness (QED) is 0.773. The molecule has 0 radical (unpaired) electrons. The number of aromatic nitrogens is 2. The first-order valence-electron chi connectivity index (χ1n) is 6.03. The van der Waals surface area contributed by atoms with Gasteiger partial charge in [0.25, 0.3) is 0 Å². The molecule has 1 heterocycles. The van der Waals surface area contributed by atoms with Crippen LogP contribution in [0.15, 0.2) is 34.3 Å². The van der Waals surface area contributed by atoms with Gasteiger partial charge >= 0.3 is 0 Å². The van der Waals surface area contributed by atoms with E-state index >= 15 is 0 Å². The average Bonchev–Trinajstić information content (AvgIpc) is 2.81. The molecule has 0 N–H and O–H groups in total. The molecule has 1 aliphatic rings. The molecule has 18 heavy (non-hydrogen) atoms. The van der Waals surface area contributed by atoms with Crippen molar-refractivity contribution in [3.63, 3.8) is 0 Å². The Balaban J connectivity index is 1.95. The number of halogens is 1. The van der Waals surface area contributed by atoms with Crippen LogP contribution >= 0.6 is 23.4 Å². The summed E-state index contributed by atoms with van der Waals surface area (Å²) in [6.07, 6.45) is 3.40. The molecular formula is C14H13ClN2S. The molecule has 2 aromatic rings. The van der Waals surface area contributed by atoms with E-state index in [0.29, 0.717) is 0 Å². The Morgan fingerprint density at radius 1 is 1.17 bits per heavy atom. The first-order valence-corrected chi connectivity index (χ1v) is 7.22. The van der Waals surface area contributed by atoms with Gasteiger partial charge < -0.3 is 0 Å². The summed E-state index contributed by atoms with van der Waals surface area (Å²) < 4.78 is 0. The van der Waals surface area contributed by atoms with E-state index in [2.05, 4.69) is 16.9 Å². The standard InChI is InChI=1S/C14H13ClN2S/c1-9-10-5-4-7-12(10)17-14(16-9)18-13-8-3-2-6-11(13)15/h2-3,6,8H,4-5,7H2,1H3. The normalized spacial score (nSPS) is 13.7. The number of benzene rings is 1. The molecule has 3 rings (SSSR count). The lowest BCUT2D eigenvalue weighted by Gasteiger charge is -2.07. The Hall–Kier alpha value is -1.06. The maximum absolute atomic E-state index is 6.15.